The topological polar surface area (TPSA) is 84.3 Å². The summed E-state index contributed by atoms with van der Waals surface area (Å²) in [5.74, 6) is 1.50. The zero-order valence-corrected chi connectivity index (χ0v) is 16.2. The highest BCUT2D eigenvalue weighted by Gasteiger charge is 2.14. The summed E-state index contributed by atoms with van der Waals surface area (Å²) in [6, 6.07) is 8.00. The number of H-pyrrole nitrogens is 1. The van der Waals surface area contributed by atoms with E-state index in [1.807, 2.05) is 20.8 Å². The van der Waals surface area contributed by atoms with Gasteiger partial charge in [0.15, 0.2) is 11.6 Å². The first-order chi connectivity index (χ1) is 13.4. The van der Waals surface area contributed by atoms with Crippen molar-refractivity contribution in [2.75, 3.05) is 5.32 Å². The van der Waals surface area contributed by atoms with Crippen LogP contribution in [0.1, 0.15) is 17.0 Å². The van der Waals surface area contributed by atoms with E-state index in [-0.39, 0.29) is 5.82 Å². The molecule has 4 rings (SSSR count). The number of aryl methyl sites for hydroxylation is 1. The third kappa shape index (κ3) is 3.22. The fourth-order valence-electron chi connectivity index (χ4n) is 2.92. The molecule has 3 aromatic heterocycles. The van der Waals surface area contributed by atoms with Gasteiger partial charge in [0.1, 0.15) is 18.0 Å². The highest BCUT2D eigenvalue weighted by atomic mass is 35.5. The molecule has 28 heavy (non-hydrogen) atoms. The highest BCUT2D eigenvalue weighted by Crippen LogP contribution is 2.28. The third-order valence-corrected chi connectivity index (χ3v) is 5.01. The Morgan fingerprint density at radius 2 is 1.86 bits per heavy atom. The van der Waals surface area contributed by atoms with Crippen molar-refractivity contribution >= 4 is 23.2 Å². The number of hydrogen-bond donors (Lipinski definition) is 2. The first-order valence-electron chi connectivity index (χ1n) is 8.56. The summed E-state index contributed by atoms with van der Waals surface area (Å²) in [4.78, 5) is 8.53. The summed E-state index contributed by atoms with van der Waals surface area (Å²) in [7, 11) is 0. The van der Waals surface area contributed by atoms with E-state index in [0.717, 1.165) is 28.2 Å². The van der Waals surface area contributed by atoms with Gasteiger partial charge in [0.25, 0.3) is 0 Å². The lowest BCUT2D eigenvalue weighted by atomic mass is 10.1. The summed E-state index contributed by atoms with van der Waals surface area (Å²) in [5.41, 5.74) is 4.08. The normalized spacial score (nSPS) is 11.0. The van der Waals surface area contributed by atoms with Crippen LogP contribution in [0.15, 0.2) is 36.7 Å². The summed E-state index contributed by atoms with van der Waals surface area (Å²) >= 11 is 6.23. The van der Waals surface area contributed by atoms with Crippen molar-refractivity contribution in [2.24, 2.45) is 0 Å². The van der Waals surface area contributed by atoms with Crippen molar-refractivity contribution in [3.8, 4) is 17.1 Å². The molecule has 0 atom stereocenters. The van der Waals surface area contributed by atoms with Gasteiger partial charge in [-0.15, -0.1) is 0 Å². The first kappa shape index (κ1) is 18.1. The smallest absolute Gasteiger partial charge is 0.159 e. The van der Waals surface area contributed by atoms with E-state index < -0.39 is 0 Å². The number of benzene rings is 1. The maximum atomic E-state index is 13.2. The Labute approximate surface area is 165 Å². The van der Waals surface area contributed by atoms with Crippen LogP contribution in [0.4, 0.5) is 16.0 Å². The van der Waals surface area contributed by atoms with Crippen LogP contribution in [-0.4, -0.2) is 29.9 Å². The largest absolute Gasteiger partial charge is 0.323 e. The van der Waals surface area contributed by atoms with Crippen LogP contribution in [0.5, 0.6) is 0 Å². The molecule has 0 saturated carbocycles. The molecule has 0 unspecified atom stereocenters. The predicted molar refractivity (Wildman–Crippen MR) is 106 cm³/mol. The maximum absolute atomic E-state index is 13.2. The zero-order valence-electron chi connectivity index (χ0n) is 15.5. The average molecular weight is 398 g/mol. The van der Waals surface area contributed by atoms with Crippen LogP contribution in [0, 0.1) is 26.6 Å². The molecule has 4 aromatic rings. The Hall–Kier alpha value is -3.26. The maximum Gasteiger partial charge on any atom is 0.159 e. The van der Waals surface area contributed by atoms with E-state index in [9.17, 15) is 4.39 Å². The minimum Gasteiger partial charge on any atom is -0.323 e. The second kappa shape index (κ2) is 7.05. The Morgan fingerprint density at radius 3 is 2.54 bits per heavy atom. The monoisotopic (exact) mass is 397 g/mol. The summed E-state index contributed by atoms with van der Waals surface area (Å²) in [6.07, 6.45) is 1.45. The van der Waals surface area contributed by atoms with Crippen LogP contribution in [0.3, 0.4) is 0 Å². The Bertz CT molecular complexity index is 1150. The molecule has 0 aliphatic carbocycles. The van der Waals surface area contributed by atoms with E-state index in [2.05, 4.69) is 30.6 Å². The molecule has 0 saturated heterocycles. The molecule has 0 spiro atoms. The standard InChI is InChI=1S/C19H17ClFN7/c1-10-18(13-4-6-14(21)7-5-13)25-26-19(10)24-15-8-16(23-9-22-15)28-12(3)17(20)11(2)27-28/h4-9H,1-3H3,(H2,22,23,24,25,26). The molecule has 9 heteroatoms. The Morgan fingerprint density at radius 1 is 1.11 bits per heavy atom. The van der Waals surface area contributed by atoms with Gasteiger partial charge in [0.2, 0.25) is 0 Å². The molecule has 7 nitrogen and oxygen atoms in total. The van der Waals surface area contributed by atoms with Crippen LogP contribution in [0.25, 0.3) is 17.1 Å². The Kier molecular flexibility index (Phi) is 4.56. The second-order valence-electron chi connectivity index (χ2n) is 6.36. The predicted octanol–water partition coefficient (Wildman–Crippen LogP) is 4.51. The molecule has 0 bridgehead atoms. The van der Waals surface area contributed by atoms with Crippen molar-refractivity contribution < 1.29 is 4.39 Å². The number of nitrogens with one attached hydrogen (secondary N) is 2. The number of anilines is 2. The quantitative estimate of drug-likeness (QED) is 0.529. The molecule has 1 aromatic carbocycles. The average Bonchev–Trinajstić information content (AvgIpc) is 3.17. The molecule has 2 N–H and O–H groups in total. The van der Waals surface area contributed by atoms with E-state index in [0.29, 0.717) is 22.5 Å². The van der Waals surface area contributed by atoms with Gasteiger partial charge in [-0.25, -0.2) is 19.0 Å². The van der Waals surface area contributed by atoms with E-state index in [4.69, 9.17) is 11.6 Å². The lowest BCUT2D eigenvalue weighted by molar-refractivity contribution is 0.628. The van der Waals surface area contributed by atoms with Gasteiger partial charge in [-0.2, -0.15) is 10.2 Å². The van der Waals surface area contributed by atoms with Crippen molar-refractivity contribution in [2.45, 2.75) is 20.8 Å². The van der Waals surface area contributed by atoms with E-state index in [1.165, 1.54) is 18.5 Å². The van der Waals surface area contributed by atoms with Crippen LogP contribution in [-0.2, 0) is 0 Å². The number of halogens is 2. The molecule has 142 valence electrons. The lowest BCUT2D eigenvalue weighted by Gasteiger charge is -2.07. The number of aromatic nitrogens is 6. The van der Waals surface area contributed by atoms with Crippen LogP contribution in [0.2, 0.25) is 5.02 Å². The Balaban J connectivity index is 1.64. The van der Waals surface area contributed by atoms with Gasteiger partial charge < -0.3 is 5.32 Å². The summed E-state index contributed by atoms with van der Waals surface area (Å²) in [6.45, 7) is 5.65. The van der Waals surface area contributed by atoms with Gasteiger partial charge in [-0.3, -0.25) is 5.10 Å². The van der Waals surface area contributed by atoms with Crippen molar-refractivity contribution in [3.63, 3.8) is 0 Å². The van der Waals surface area contributed by atoms with Gasteiger partial charge in [0.05, 0.1) is 22.1 Å². The molecule has 0 amide bonds. The van der Waals surface area contributed by atoms with Crippen molar-refractivity contribution in [1.29, 1.82) is 0 Å². The second-order valence-corrected chi connectivity index (χ2v) is 6.74. The molecular formula is C19H17ClFN7. The highest BCUT2D eigenvalue weighted by molar-refractivity contribution is 6.31. The van der Waals surface area contributed by atoms with Gasteiger partial charge in [0, 0.05) is 17.2 Å². The SMILES string of the molecule is Cc1nn(-c2cc(Nc3n[nH]c(-c4ccc(F)cc4)c3C)ncn2)c(C)c1Cl. The van der Waals surface area contributed by atoms with Gasteiger partial charge >= 0.3 is 0 Å². The summed E-state index contributed by atoms with van der Waals surface area (Å²) < 4.78 is 14.8. The summed E-state index contributed by atoms with van der Waals surface area (Å²) in [5, 5.41) is 15.5. The van der Waals surface area contributed by atoms with Gasteiger partial charge in [-0.05, 0) is 45.0 Å². The number of hydrogen-bond acceptors (Lipinski definition) is 5. The van der Waals surface area contributed by atoms with Gasteiger partial charge in [-0.1, -0.05) is 11.6 Å². The third-order valence-electron chi connectivity index (χ3n) is 4.46. The lowest BCUT2D eigenvalue weighted by Crippen LogP contribution is -2.04. The van der Waals surface area contributed by atoms with E-state index in [1.54, 1.807) is 22.9 Å². The van der Waals surface area contributed by atoms with E-state index >= 15 is 0 Å². The van der Waals surface area contributed by atoms with Crippen molar-refractivity contribution in [3.05, 3.63) is 64.5 Å². The van der Waals surface area contributed by atoms with Crippen molar-refractivity contribution in [1.82, 2.24) is 29.9 Å². The van der Waals surface area contributed by atoms with Crippen LogP contribution >= 0.6 is 11.6 Å². The number of rotatable bonds is 4. The first-order valence-corrected chi connectivity index (χ1v) is 8.94. The molecule has 0 aliphatic heterocycles. The molecular weight excluding hydrogens is 381 g/mol. The molecule has 3 heterocycles. The minimum atomic E-state index is -0.281. The molecule has 0 fully saturated rings. The van der Waals surface area contributed by atoms with Crippen LogP contribution < -0.4 is 5.32 Å². The molecule has 0 radical (unpaired) electrons. The molecule has 0 aliphatic rings. The fraction of sp³-hybridized carbons (Fsp3) is 0.158. The number of aromatic amines is 1. The fourth-order valence-corrected chi connectivity index (χ4v) is 3.03. The minimum absolute atomic E-state index is 0.281. The zero-order chi connectivity index (χ0) is 19.8. The number of nitrogens with zero attached hydrogens (tertiary/aromatic N) is 5.